The van der Waals surface area contributed by atoms with E-state index in [9.17, 15) is 4.79 Å². The summed E-state index contributed by atoms with van der Waals surface area (Å²) >= 11 is 0. The van der Waals surface area contributed by atoms with E-state index in [1.165, 1.54) is 0 Å². The zero-order chi connectivity index (χ0) is 17.1. The number of nitrogens with one attached hydrogen (secondary N) is 1. The molecule has 0 radical (unpaired) electrons. The van der Waals surface area contributed by atoms with Crippen LogP contribution in [0.1, 0.15) is 31.1 Å². The van der Waals surface area contributed by atoms with Gasteiger partial charge in [0.25, 0.3) is 5.91 Å². The van der Waals surface area contributed by atoms with Crippen LogP contribution in [0.2, 0.25) is 0 Å². The van der Waals surface area contributed by atoms with Crippen LogP contribution in [0.15, 0.2) is 54.9 Å². The van der Waals surface area contributed by atoms with Gasteiger partial charge in [-0.15, -0.1) is 0 Å². The van der Waals surface area contributed by atoms with Gasteiger partial charge in [-0.3, -0.25) is 9.78 Å². The first kappa shape index (κ1) is 16.1. The molecule has 122 valence electrons. The van der Waals surface area contributed by atoms with Gasteiger partial charge in [-0.25, -0.2) is 4.98 Å². The minimum atomic E-state index is -0.0695. The Hall–Kier alpha value is -2.75. The highest BCUT2D eigenvalue weighted by atomic mass is 16.1. The van der Waals surface area contributed by atoms with E-state index >= 15 is 0 Å². The largest absolute Gasteiger partial charge is 0.349 e. The molecule has 0 bridgehead atoms. The minimum absolute atomic E-state index is 0.0695. The highest BCUT2D eigenvalue weighted by Crippen LogP contribution is 2.24. The average molecular weight is 319 g/mol. The summed E-state index contributed by atoms with van der Waals surface area (Å²) in [4.78, 5) is 21.6. The van der Waals surface area contributed by atoms with Gasteiger partial charge in [-0.05, 0) is 37.1 Å². The minimum Gasteiger partial charge on any atom is -0.349 e. The molecule has 1 atom stereocenters. The molecule has 24 heavy (non-hydrogen) atoms. The first-order valence-corrected chi connectivity index (χ1v) is 8.17. The molecule has 2 aromatic heterocycles. The van der Waals surface area contributed by atoms with Gasteiger partial charge in [-0.2, -0.15) is 0 Å². The van der Waals surface area contributed by atoms with Gasteiger partial charge in [0.05, 0.1) is 16.8 Å². The van der Waals surface area contributed by atoms with Gasteiger partial charge >= 0.3 is 0 Å². The van der Waals surface area contributed by atoms with Crippen LogP contribution in [0.3, 0.4) is 0 Å². The predicted octanol–water partition coefficient (Wildman–Crippen LogP) is 4.07. The Kier molecular flexibility index (Phi) is 4.56. The number of carbonyl (C=O) groups is 1. The van der Waals surface area contributed by atoms with E-state index in [1.807, 2.05) is 49.4 Å². The van der Waals surface area contributed by atoms with Crippen molar-refractivity contribution in [3.05, 3.63) is 60.4 Å². The van der Waals surface area contributed by atoms with E-state index in [2.05, 4.69) is 29.1 Å². The zero-order valence-electron chi connectivity index (χ0n) is 14.2. The summed E-state index contributed by atoms with van der Waals surface area (Å²) in [5.74, 6) is 0.305. The molecule has 3 rings (SSSR count). The van der Waals surface area contributed by atoms with Crippen molar-refractivity contribution in [3.63, 3.8) is 0 Å². The van der Waals surface area contributed by atoms with Gasteiger partial charge in [-0.1, -0.05) is 32.0 Å². The van der Waals surface area contributed by atoms with Crippen molar-refractivity contribution in [2.24, 2.45) is 5.92 Å². The molecular weight excluding hydrogens is 298 g/mol. The Balaban J connectivity index is 2.10. The molecule has 4 heteroatoms. The second-order valence-corrected chi connectivity index (χ2v) is 6.32. The third-order valence-electron chi connectivity index (χ3n) is 4.28. The van der Waals surface area contributed by atoms with Crippen LogP contribution in [0.25, 0.3) is 22.2 Å². The lowest BCUT2D eigenvalue weighted by atomic mass is 10.0. The molecule has 1 aromatic carbocycles. The Morgan fingerprint density at radius 1 is 1.08 bits per heavy atom. The summed E-state index contributed by atoms with van der Waals surface area (Å²) in [5.41, 5.74) is 3.10. The molecule has 0 spiro atoms. The molecule has 0 fully saturated rings. The highest BCUT2D eigenvalue weighted by molar-refractivity contribution is 6.07. The molecule has 2 heterocycles. The standard InChI is InChI=1S/C20H21N3O/c1-13(2)14(3)22-20(24)17-11-19(15-7-6-10-21-12-15)23-18-9-5-4-8-16(17)18/h4-14H,1-3H3,(H,22,24). The zero-order valence-corrected chi connectivity index (χ0v) is 14.2. The fraction of sp³-hybridized carbons (Fsp3) is 0.250. The maximum absolute atomic E-state index is 12.8. The maximum atomic E-state index is 12.8. The second kappa shape index (κ2) is 6.79. The van der Waals surface area contributed by atoms with E-state index in [1.54, 1.807) is 12.4 Å². The lowest BCUT2D eigenvalue weighted by Gasteiger charge is -2.18. The molecule has 1 N–H and O–H groups in total. The van der Waals surface area contributed by atoms with Crippen LogP contribution >= 0.6 is 0 Å². The molecule has 0 aliphatic rings. The van der Waals surface area contributed by atoms with Gasteiger partial charge in [0.1, 0.15) is 0 Å². The summed E-state index contributed by atoms with van der Waals surface area (Å²) in [5, 5.41) is 3.94. The lowest BCUT2D eigenvalue weighted by Crippen LogP contribution is -2.36. The van der Waals surface area contributed by atoms with Gasteiger partial charge in [0, 0.05) is 29.4 Å². The van der Waals surface area contributed by atoms with Crippen molar-refractivity contribution in [2.45, 2.75) is 26.8 Å². The van der Waals surface area contributed by atoms with Crippen molar-refractivity contribution in [1.29, 1.82) is 0 Å². The van der Waals surface area contributed by atoms with E-state index in [-0.39, 0.29) is 11.9 Å². The Morgan fingerprint density at radius 2 is 1.88 bits per heavy atom. The average Bonchev–Trinajstić information content (AvgIpc) is 2.61. The van der Waals surface area contributed by atoms with Crippen LogP contribution in [0.5, 0.6) is 0 Å². The van der Waals surface area contributed by atoms with Crippen LogP contribution in [-0.2, 0) is 0 Å². The number of hydrogen-bond donors (Lipinski definition) is 1. The van der Waals surface area contributed by atoms with Crippen molar-refractivity contribution >= 4 is 16.8 Å². The van der Waals surface area contributed by atoms with Crippen molar-refractivity contribution in [3.8, 4) is 11.3 Å². The molecule has 1 unspecified atom stereocenters. The van der Waals surface area contributed by atoms with Crippen LogP contribution in [0.4, 0.5) is 0 Å². The third kappa shape index (κ3) is 3.27. The lowest BCUT2D eigenvalue weighted by molar-refractivity contribution is 0.0932. The summed E-state index contributed by atoms with van der Waals surface area (Å²) in [6.45, 7) is 6.21. The number of nitrogens with zero attached hydrogens (tertiary/aromatic N) is 2. The third-order valence-corrected chi connectivity index (χ3v) is 4.28. The molecule has 3 aromatic rings. The summed E-state index contributed by atoms with van der Waals surface area (Å²) in [6.07, 6.45) is 3.48. The van der Waals surface area contributed by atoms with E-state index in [4.69, 9.17) is 0 Å². The van der Waals surface area contributed by atoms with Gasteiger partial charge < -0.3 is 5.32 Å². The number of carbonyl (C=O) groups excluding carboxylic acids is 1. The van der Waals surface area contributed by atoms with Gasteiger partial charge in [0.15, 0.2) is 0 Å². The number of para-hydroxylation sites is 1. The first-order chi connectivity index (χ1) is 11.6. The quantitative estimate of drug-likeness (QED) is 0.788. The fourth-order valence-electron chi connectivity index (χ4n) is 2.48. The molecule has 0 saturated carbocycles. The number of rotatable bonds is 4. The number of pyridine rings is 2. The Labute approximate surface area is 142 Å². The molecule has 4 nitrogen and oxygen atoms in total. The Bertz CT molecular complexity index is 859. The smallest absolute Gasteiger partial charge is 0.252 e. The Morgan fingerprint density at radius 3 is 2.58 bits per heavy atom. The van der Waals surface area contributed by atoms with Crippen molar-refractivity contribution in [1.82, 2.24) is 15.3 Å². The number of benzene rings is 1. The topological polar surface area (TPSA) is 54.9 Å². The molecule has 0 saturated heterocycles. The highest BCUT2D eigenvalue weighted by Gasteiger charge is 2.17. The van der Waals surface area contributed by atoms with E-state index in [0.717, 1.165) is 22.2 Å². The molecular formula is C20H21N3O. The normalized spacial score (nSPS) is 12.3. The van der Waals surface area contributed by atoms with Crippen LogP contribution in [0, 0.1) is 5.92 Å². The SMILES string of the molecule is CC(C)C(C)NC(=O)c1cc(-c2cccnc2)nc2ccccc12. The van der Waals surface area contributed by atoms with Crippen LogP contribution < -0.4 is 5.32 Å². The first-order valence-electron chi connectivity index (χ1n) is 8.17. The van der Waals surface area contributed by atoms with Crippen molar-refractivity contribution < 1.29 is 4.79 Å². The number of hydrogen-bond acceptors (Lipinski definition) is 3. The second-order valence-electron chi connectivity index (χ2n) is 6.32. The monoisotopic (exact) mass is 319 g/mol. The fourth-order valence-corrected chi connectivity index (χ4v) is 2.48. The number of aromatic nitrogens is 2. The molecule has 1 amide bonds. The molecule has 0 aliphatic heterocycles. The predicted molar refractivity (Wildman–Crippen MR) is 96.7 cm³/mol. The van der Waals surface area contributed by atoms with Crippen LogP contribution in [-0.4, -0.2) is 21.9 Å². The summed E-state index contributed by atoms with van der Waals surface area (Å²) in [6, 6.07) is 13.5. The number of amides is 1. The van der Waals surface area contributed by atoms with E-state index in [0.29, 0.717) is 11.5 Å². The summed E-state index contributed by atoms with van der Waals surface area (Å²) in [7, 11) is 0. The maximum Gasteiger partial charge on any atom is 0.252 e. The molecule has 0 aliphatic carbocycles. The van der Waals surface area contributed by atoms with Crippen molar-refractivity contribution in [2.75, 3.05) is 0 Å². The van der Waals surface area contributed by atoms with E-state index < -0.39 is 0 Å². The van der Waals surface area contributed by atoms with Gasteiger partial charge in [0.2, 0.25) is 0 Å². The number of fused-ring (bicyclic) bond motifs is 1. The summed E-state index contributed by atoms with van der Waals surface area (Å²) < 4.78 is 0.